The van der Waals surface area contributed by atoms with Crippen molar-refractivity contribution in [1.82, 2.24) is 14.5 Å². The summed E-state index contributed by atoms with van der Waals surface area (Å²) in [5.74, 6) is -1.42. The third-order valence-corrected chi connectivity index (χ3v) is 9.77. The highest BCUT2D eigenvalue weighted by Gasteiger charge is 2.46. The van der Waals surface area contributed by atoms with Crippen LogP contribution >= 0.6 is 0 Å². The first-order chi connectivity index (χ1) is 22.2. The molecule has 2 aromatic heterocycles. The molecule has 0 fully saturated rings. The van der Waals surface area contributed by atoms with Crippen molar-refractivity contribution in [3.8, 4) is 11.4 Å². The highest BCUT2D eigenvalue weighted by molar-refractivity contribution is 5.93. The number of pyridine rings is 2. The molecule has 4 heterocycles. The van der Waals surface area contributed by atoms with Gasteiger partial charge < -0.3 is 29.2 Å². The number of aryl methyl sites for hydroxylation is 1. The van der Waals surface area contributed by atoms with Crippen LogP contribution < -0.4 is 5.56 Å². The number of rotatable bonds is 7. The predicted molar refractivity (Wildman–Crippen MR) is 166 cm³/mol. The molecule has 2 atom stereocenters. The maximum Gasteiger partial charge on any atom is 0.410 e. The standard InChI is InChI=1S/C35H34FN3O7/c1-3-35(44)25-13-28-31-23(16-39(28)32(41)24(25)18-45-33(35)42)29-21(9-10-22-19(2)26(36)14-27(37-31)30(22)29)15-38(11-12-40)34(43)46-17-20-7-5-4-6-8-20/h4-8,13-14,21,40,44H,3,9-12,15-18H2,1-2H3/t21?,35-/m0/s1. The average molecular weight is 628 g/mol. The number of esters is 1. The number of halogens is 1. The third-order valence-electron chi connectivity index (χ3n) is 9.77. The van der Waals surface area contributed by atoms with Crippen molar-refractivity contribution in [3.05, 3.63) is 97.6 Å². The van der Waals surface area contributed by atoms with Crippen molar-refractivity contribution >= 4 is 23.0 Å². The van der Waals surface area contributed by atoms with Crippen LogP contribution in [-0.2, 0) is 46.0 Å². The monoisotopic (exact) mass is 627 g/mol. The summed E-state index contributed by atoms with van der Waals surface area (Å²) in [6.45, 7) is 3.45. The first kappa shape index (κ1) is 30.1. The average Bonchev–Trinajstić information content (AvgIpc) is 3.43. The van der Waals surface area contributed by atoms with Crippen LogP contribution in [0.1, 0.15) is 64.6 Å². The largest absolute Gasteiger partial charge is 0.458 e. The van der Waals surface area contributed by atoms with E-state index in [9.17, 15) is 24.6 Å². The maximum absolute atomic E-state index is 15.2. The lowest BCUT2D eigenvalue weighted by Crippen LogP contribution is -2.44. The number of carbonyl (C=O) groups excluding carboxylic acids is 2. The quantitative estimate of drug-likeness (QED) is 0.257. The van der Waals surface area contributed by atoms with Crippen LogP contribution in [0.5, 0.6) is 0 Å². The molecule has 11 heteroatoms. The highest BCUT2D eigenvalue weighted by Crippen LogP contribution is 2.46. The zero-order valence-corrected chi connectivity index (χ0v) is 25.6. The van der Waals surface area contributed by atoms with Crippen molar-refractivity contribution in [1.29, 1.82) is 0 Å². The summed E-state index contributed by atoms with van der Waals surface area (Å²) in [7, 11) is 0. The molecule has 7 rings (SSSR count). The number of aliphatic hydroxyl groups excluding tert-OH is 1. The molecule has 4 aromatic rings. The van der Waals surface area contributed by atoms with E-state index in [4.69, 9.17) is 14.5 Å². The van der Waals surface area contributed by atoms with Gasteiger partial charge in [-0.15, -0.1) is 0 Å². The van der Waals surface area contributed by atoms with Crippen LogP contribution in [0.15, 0.2) is 47.3 Å². The lowest BCUT2D eigenvalue weighted by Gasteiger charge is -2.32. The molecule has 0 saturated carbocycles. The Bertz CT molecular complexity index is 1980. The molecule has 46 heavy (non-hydrogen) atoms. The maximum atomic E-state index is 15.2. The summed E-state index contributed by atoms with van der Waals surface area (Å²) in [4.78, 5) is 46.2. The number of aliphatic hydroxyl groups is 2. The van der Waals surface area contributed by atoms with Crippen molar-refractivity contribution in [2.24, 2.45) is 0 Å². The second-order valence-corrected chi connectivity index (χ2v) is 12.3. The summed E-state index contributed by atoms with van der Waals surface area (Å²) in [5, 5.41) is 22.0. The molecule has 0 spiro atoms. The van der Waals surface area contributed by atoms with Crippen LogP contribution in [-0.4, -0.2) is 56.4 Å². The Morgan fingerprint density at radius 3 is 2.72 bits per heavy atom. The Hall–Kier alpha value is -4.61. The zero-order chi connectivity index (χ0) is 32.3. The summed E-state index contributed by atoms with van der Waals surface area (Å²) >= 11 is 0. The van der Waals surface area contributed by atoms with Gasteiger partial charge in [0, 0.05) is 41.6 Å². The van der Waals surface area contributed by atoms with Crippen LogP contribution in [0, 0.1) is 12.7 Å². The Morgan fingerprint density at radius 2 is 1.98 bits per heavy atom. The van der Waals surface area contributed by atoms with Gasteiger partial charge in [0.15, 0.2) is 5.60 Å². The lowest BCUT2D eigenvalue weighted by molar-refractivity contribution is -0.172. The second-order valence-electron chi connectivity index (χ2n) is 12.3. The number of ether oxygens (including phenoxy) is 2. The Labute approximate surface area is 264 Å². The van der Waals surface area contributed by atoms with Gasteiger partial charge in [-0.05, 0) is 54.5 Å². The predicted octanol–water partition coefficient (Wildman–Crippen LogP) is 4.19. The number of hydrogen-bond acceptors (Lipinski definition) is 8. The van der Waals surface area contributed by atoms with Gasteiger partial charge in [-0.2, -0.15) is 0 Å². The minimum Gasteiger partial charge on any atom is -0.458 e. The van der Waals surface area contributed by atoms with E-state index >= 15 is 4.39 Å². The molecule has 0 radical (unpaired) electrons. The summed E-state index contributed by atoms with van der Waals surface area (Å²) in [6, 6.07) is 12.4. The number of fused-ring (bicyclic) bond motifs is 5. The van der Waals surface area contributed by atoms with E-state index in [0.29, 0.717) is 35.3 Å². The SMILES string of the molecule is CC[C@@]1(O)C(=O)OCc2c1cc1n(c2=O)Cc2c-1nc1cc(F)c(C)c3c1c2C(CN(CCO)C(=O)OCc1ccccc1)CC3. The summed E-state index contributed by atoms with van der Waals surface area (Å²) < 4.78 is 27.6. The van der Waals surface area contributed by atoms with E-state index in [1.807, 2.05) is 30.3 Å². The van der Waals surface area contributed by atoms with E-state index in [-0.39, 0.29) is 74.3 Å². The fourth-order valence-electron chi connectivity index (χ4n) is 7.29. The van der Waals surface area contributed by atoms with Crippen molar-refractivity contribution < 1.29 is 33.7 Å². The van der Waals surface area contributed by atoms with Crippen molar-refractivity contribution in [2.45, 2.75) is 64.4 Å². The van der Waals surface area contributed by atoms with Crippen LogP contribution in [0.3, 0.4) is 0 Å². The molecule has 10 nitrogen and oxygen atoms in total. The van der Waals surface area contributed by atoms with Gasteiger partial charge in [-0.1, -0.05) is 37.3 Å². The minimum absolute atomic E-state index is 0.0158. The molecule has 0 bridgehead atoms. The number of carbonyl (C=O) groups is 2. The number of cyclic esters (lactones) is 1. The molecule has 2 aromatic carbocycles. The number of benzene rings is 2. The topological polar surface area (TPSA) is 131 Å². The van der Waals surface area contributed by atoms with Gasteiger partial charge in [0.05, 0.1) is 35.6 Å². The van der Waals surface area contributed by atoms with E-state index < -0.39 is 17.7 Å². The number of aromatic nitrogens is 2. The van der Waals surface area contributed by atoms with E-state index in [2.05, 4.69) is 0 Å². The first-order valence-electron chi connectivity index (χ1n) is 15.5. The molecule has 0 saturated heterocycles. The lowest BCUT2D eigenvalue weighted by atomic mass is 9.78. The normalized spacial score (nSPS) is 19.3. The van der Waals surface area contributed by atoms with Gasteiger partial charge in [-0.3, -0.25) is 4.79 Å². The Morgan fingerprint density at radius 1 is 1.20 bits per heavy atom. The molecule has 2 N–H and O–H groups in total. The molecular weight excluding hydrogens is 593 g/mol. The van der Waals surface area contributed by atoms with E-state index in [0.717, 1.165) is 27.6 Å². The van der Waals surface area contributed by atoms with Crippen molar-refractivity contribution in [3.63, 3.8) is 0 Å². The molecule has 3 aliphatic rings. The summed E-state index contributed by atoms with van der Waals surface area (Å²) in [5.41, 5.74) is 3.27. The van der Waals surface area contributed by atoms with Gasteiger partial charge in [-0.25, -0.2) is 19.0 Å². The van der Waals surface area contributed by atoms with Crippen LogP contribution in [0.2, 0.25) is 0 Å². The Kier molecular flexibility index (Phi) is 7.40. The van der Waals surface area contributed by atoms with Crippen LogP contribution in [0.25, 0.3) is 22.3 Å². The second kappa shape index (κ2) is 11.3. The summed E-state index contributed by atoms with van der Waals surface area (Å²) in [6.07, 6.45) is 0.615. The highest BCUT2D eigenvalue weighted by atomic mass is 19.1. The van der Waals surface area contributed by atoms with Gasteiger partial charge in [0.25, 0.3) is 5.56 Å². The molecule has 1 unspecified atom stereocenters. The number of nitrogens with zero attached hydrogens (tertiary/aromatic N) is 3. The molecule has 238 valence electrons. The molecular formula is C35H34FN3O7. The van der Waals surface area contributed by atoms with Crippen LogP contribution in [0.4, 0.5) is 9.18 Å². The van der Waals surface area contributed by atoms with Gasteiger partial charge in [0.2, 0.25) is 0 Å². The smallest absolute Gasteiger partial charge is 0.410 e. The molecule has 2 aliphatic heterocycles. The number of hydrogen-bond donors (Lipinski definition) is 2. The third kappa shape index (κ3) is 4.60. The Balaban J connectivity index is 1.35. The van der Waals surface area contributed by atoms with Gasteiger partial charge >= 0.3 is 12.1 Å². The molecule has 1 amide bonds. The van der Waals surface area contributed by atoms with E-state index in [1.54, 1.807) is 24.5 Å². The minimum atomic E-state index is -1.97. The van der Waals surface area contributed by atoms with Crippen molar-refractivity contribution in [2.75, 3.05) is 19.7 Å². The first-order valence-corrected chi connectivity index (χ1v) is 15.5. The number of amides is 1. The molecule has 1 aliphatic carbocycles. The van der Waals surface area contributed by atoms with Gasteiger partial charge in [0.1, 0.15) is 19.0 Å². The van der Waals surface area contributed by atoms with E-state index in [1.165, 1.54) is 11.0 Å². The zero-order valence-electron chi connectivity index (χ0n) is 25.6. The fraction of sp³-hybridized carbons (Fsp3) is 0.371. The fourth-order valence-corrected chi connectivity index (χ4v) is 7.29.